The summed E-state index contributed by atoms with van der Waals surface area (Å²) in [6.45, 7) is 9.06. The predicted octanol–water partition coefficient (Wildman–Crippen LogP) is 25.2. The van der Waals surface area contributed by atoms with Crippen molar-refractivity contribution >= 4 is 119 Å². The van der Waals surface area contributed by atoms with Crippen molar-refractivity contribution in [1.82, 2.24) is 0 Å². The Kier molecular flexibility index (Phi) is 13.2. The molecule has 2 aromatic heterocycles. The second kappa shape index (κ2) is 21.9. The molecule has 16 rings (SSSR count). The summed E-state index contributed by atoms with van der Waals surface area (Å²) in [5.41, 5.74) is 23.5. The Morgan fingerprint density at radius 2 is 0.557 bits per heavy atom. The third-order valence-corrected chi connectivity index (χ3v) is 20.3. The monoisotopic (exact) mass is 1160 g/mol. The zero-order chi connectivity index (χ0) is 59.0. The lowest BCUT2D eigenvalue weighted by atomic mass is 9.93. The Bertz CT molecular complexity index is 5050. The summed E-state index contributed by atoms with van der Waals surface area (Å²) < 4.78 is 5.27. The predicted molar refractivity (Wildman–Crippen MR) is 383 cm³/mol. The van der Waals surface area contributed by atoms with Gasteiger partial charge in [0.25, 0.3) is 0 Å². The van der Waals surface area contributed by atoms with Crippen LogP contribution in [0.5, 0.6) is 0 Å². The van der Waals surface area contributed by atoms with Crippen LogP contribution in [0.4, 0.5) is 34.1 Å². The molecule has 14 aromatic carbocycles. The molecule has 0 saturated heterocycles. The van der Waals surface area contributed by atoms with Gasteiger partial charge < -0.3 is 9.80 Å². The highest BCUT2D eigenvalue weighted by molar-refractivity contribution is 7.26. The Labute approximate surface area is 521 Å². The summed E-state index contributed by atoms with van der Waals surface area (Å²) in [4.78, 5) is 5.00. The van der Waals surface area contributed by atoms with Crippen LogP contribution < -0.4 is 9.80 Å². The highest BCUT2D eigenvalue weighted by atomic mass is 32.1. The van der Waals surface area contributed by atoms with Gasteiger partial charge in [0.1, 0.15) is 0 Å². The number of anilines is 6. The molecule has 0 N–H and O–H groups in total. The number of fused-ring (bicyclic) bond motifs is 8. The van der Waals surface area contributed by atoms with E-state index in [0.29, 0.717) is 0 Å². The van der Waals surface area contributed by atoms with E-state index in [0.717, 1.165) is 34.1 Å². The smallest absolute Gasteiger partial charge is 0.0569 e. The van der Waals surface area contributed by atoms with E-state index in [1.807, 2.05) is 22.7 Å². The lowest BCUT2D eigenvalue weighted by Crippen LogP contribution is -2.14. The topological polar surface area (TPSA) is 6.48 Å². The van der Waals surface area contributed by atoms with Crippen LogP contribution in [0, 0.1) is 27.7 Å². The molecule has 0 saturated carbocycles. The normalized spacial score (nSPS) is 11.6. The van der Waals surface area contributed by atoms with Crippen molar-refractivity contribution in [3.05, 3.63) is 313 Å². The van der Waals surface area contributed by atoms with E-state index in [-0.39, 0.29) is 0 Å². The van der Waals surface area contributed by atoms with E-state index in [4.69, 9.17) is 0 Å². The molecule has 0 atom stereocenters. The van der Waals surface area contributed by atoms with Gasteiger partial charge in [0.15, 0.2) is 0 Å². The first-order chi connectivity index (χ1) is 43.3. The Morgan fingerprint density at radius 1 is 0.227 bits per heavy atom. The zero-order valence-electron chi connectivity index (χ0n) is 49.4. The largest absolute Gasteiger partial charge is 0.309 e. The Hall–Kier alpha value is -10.4. The van der Waals surface area contributed by atoms with Crippen LogP contribution in [0.25, 0.3) is 118 Å². The third-order valence-electron chi connectivity index (χ3n) is 18.0. The molecule has 0 fully saturated rings. The van der Waals surface area contributed by atoms with Gasteiger partial charge in [-0.25, -0.2) is 0 Å². The van der Waals surface area contributed by atoms with Crippen LogP contribution in [-0.2, 0) is 0 Å². The molecule has 88 heavy (non-hydrogen) atoms. The number of para-hydroxylation sites is 2. The van der Waals surface area contributed by atoms with Gasteiger partial charge in [0.05, 0.1) is 11.4 Å². The van der Waals surface area contributed by atoms with Gasteiger partial charge in [-0.2, -0.15) is 0 Å². The molecule has 4 heteroatoms. The molecule has 0 unspecified atom stereocenters. The molecule has 0 amide bonds. The molecule has 0 aliphatic heterocycles. The summed E-state index contributed by atoms with van der Waals surface area (Å²) in [7, 11) is 0. The molecule has 0 spiro atoms. The van der Waals surface area contributed by atoms with Crippen molar-refractivity contribution in [3.63, 3.8) is 0 Å². The molecule has 0 aliphatic carbocycles. The van der Waals surface area contributed by atoms with Crippen molar-refractivity contribution in [2.24, 2.45) is 0 Å². The van der Waals surface area contributed by atoms with Crippen molar-refractivity contribution in [3.8, 4) is 55.6 Å². The fourth-order valence-electron chi connectivity index (χ4n) is 13.6. The summed E-state index contributed by atoms with van der Waals surface area (Å²) in [5.74, 6) is 0. The summed E-state index contributed by atoms with van der Waals surface area (Å²) in [6, 6.07) is 108. The second-order valence-corrected chi connectivity index (χ2v) is 25.5. The van der Waals surface area contributed by atoms with Gasteiger partial charge >= 0.3 is 0 Å². The lowest BCUT2D eigenvalue weighted by molar-refractivity contribution is 1.22. The van der Waals surface area contributed by atoms with Crippen LogP contribution in [0.15, 0.2) is 291 Å². The van der Waals surface area contributed by atoms with Crippen LogP contribution >= 0.6 is 22.7 Å². The first-order valence-corrected chi connectivity index (χ1v) is 31.9. The van der Waals surface area contributed by atoms with Gasteiger partial charge in [0, 0.05) is 74.2 Å². The van der Waals surface area contributed by atoms with E-state index >= 15 is 0 Å². The molecule has 0 aliphatic rings. The standard InChI is InChI=1S/C84H60N2S2/c1-53-17-13-29-73(69-27-15-21-59-19-5-7-23-67(59)69)83(53)85(65-41-33-57(34-42-65)63-39-47-81-75(51-63)71-25-9-11-31-79(71)87-81)77-45-37-61(49-55(77)3)62-38-46-78(56(4)50-62)86(84-54(2)18-14-30-74(84)70-28-16-22-60-20-6-8-24-68(60)70)66-43-35-58(36-44-66)64-40-48-82-76(52-64)72-26-10-12-32-80(72)88-82/h5-52H,1-4H3. The minimum absolute atomic E-state index is 1.10. The van der Waals surface area contributed by atoms with E-state index < -0.39 is 0 Å². The number of hydrogen-bond donors (Lipinski definition) is 0. The van der Waals surface area contributed by atoms with E-state index in [1.54, 1.807) is 0 Å². The first kappa shape index (κ1) is 53.1. The van der Waals surface area contributed by atoms with Crippen molar-refractivity contribution in [2.75, 3.05) is 9.80 Å². The second-order valence-electron chi connectivity index (χ2n) is 23.4. The number of rotatable bonds is 11. The van der Waals surface area contributed by atoms with E-state index in [1.165, 1.54) is 140 Å². The van der Waals surface area contributed by atoms with Gasteiger partial charge in [-0.3, -0.25) is 0 Å². The minimum Gasteiger partial charge on any atom is -0.309 e. The maximum Gasteiger partial charge on any atom is 0.0569 e. The molecular weight excluding hydrogens is 1100 g/mol. The van der Waals surface area contributed by atoms with E-state index in [2.05, 4.69) is 329 Å². The van der Waals surface area contributed by atoms with Gasteiger partial charge in [0.2, 0.25) is 0 Å². The zero-order valence-corrected chi connectivity index (χ0v) is 51.1. The summed E-state index contributed by atoms with van der Waals surface area (Å²) in [5, 5.41) is 10.2. The Morgan fingerprint density at radius 3 is 0.989 bits per heavy atom. The van der Waals surface area contributed by atoms with Crippen LogP contribution in [0.2, 0.25) is 0 Å². The molecule has 2 heterocycles. The third kappa shape index (κ3) is 9.23. The van der Waals surface area contributed by atoms with E-state index in [9.17, 15) is 0 Å². The molecule has 16 aromatic rings. The van der Waals surface area contributed by atoms with Gasteiger partial charge in [-0.15, -0.1) is 22.7 Å². The van der Waals surface area contributed by atoms with Gasteiger partial charge in [-0.05, 0) is 201 Å². The minimum atomic E-state index is 1.10. The maximum atomic E-state index is 2.50. The van der Waals surface area contributed by atoms with Crippen LogP contribution in [0.1, 0.15) is 22.3 Å². The highest BCUT2D eigenvalue weighted by Gasteiger charge is 2.25. The molecule has 2 nitrogen and oxygen atoms in total. The molecule has 0 bridgehead atoms. The van der Waals surface area contributed by atoms with Crippen molar-refractivity contribution < 1.29 is 0 Å². The number of nitrogens with zero attached hydrogens (tertiary/aromatic N) is 2. The number of benzene rings is 14. The lowest BCUT2D eigenvalue weighted by Gasteiger charge is -2.32. The SMILES string of the molecule is Cc1cc(-c2ccc(N(c3ccc(-c4ccc5sc6ccccc6c5c4)cc3)c3c(C)cccc3-c3cccc4ccccc34)c(C)c2)ccc1N(c1ccc(-c2ccc3sc4ccccc4c3c2)cc1)c1c(C)cccc1-c1cccc2ccccc12. The average Bonchev–Trinajstić information content (AvgIpc) is 2.79. The fraction of sp³-hybridized carbons (Fsp3) is 0.0476. The number of aryl methyl sites for hydroxylation is 4. The number of thiophene rings is 2. The molecular formula is C84H60N2S2. The van der Waals surface area contributed by atoms with Gasteiger partial charge in [-0.1, -0.05) is 206 Å². The molecule has 418 valence electrons. The summed E-state index contributed by atoms with van der Waals surface area (Å²) in [6.07, 6.45) is 0. The number of hydrogen-bond acceptors (Lipinski definition) is 4. The van der Waals surface area contributed by atoms with Crippen LogP contribution in [-0.4, -0.2) is 0 Å². The quantitative estimate of drug-likeness (QED) is 0.127. The highest BCUT2D eigenvalue weighted by Crippen LogP contribution is 2.50. The van der Waals surface area contributed by atoms with Crippen molar-refractivity contribution in [1.29, 1.82) is 0 Å². The van der Waals surface area contributed by atoms with Crippen LogP contribution in [0.3, 0.4) is 0 Å². The fourth-order valence-corrected chi connectivity index (χ4v) is 15.8. The first-order valence-electron chi connectivity index (χ1n) is 30.3. The summed E-state index contributed by atoms with van der Waals surface area (Å²) >= 11 is 3.72. The Balaban J connectivity index is 0.806. The van der Waals surface area contributed by atoms with Crippen molar-refractivity contribution in [2.45, 2.75) is 27.7 Å². The molecule has 0 radical (unpaired) electrons. The maximum absolute atomic E-state index is 2.50. The average molecular weight is 1160 g/mol.